The average Bonchev–Trinajstić information content (AvgIpc) is 2.83. The van der Waals surface area contributed by atoms with Gasteiger partial charge in [-0.3, -0.25) is 4.90 Å². The fourth-order valence-corrected chi connectivity index (χ4v) is 2.57. The molecule has 1 fully saturated rings. The summed E-state index contributed by atoms with van der Waals surface area (Å²) in [5, 5.41) is 3.62. The van der Waals surface area contributed by atoms with Gasteiger partial charge in [0.2, 0.25) is 0 Å². The standard InChI is InChI=1S/C14H24N2O/c1-2-9-16(12-14-7-5-10-17-14)11-13-6-3-4-8-15-13/h5,7,10,13,15H,2-4,6,8-9,11-12H2,1H3. The maximum atomic E-state index is 5.44. The zero-order chi connectivity index (χ0) is 11.9. The molecular weight excluding hydrogens is 212 g/mol. The van der Waals surface area contributed by atoms with Crippen LogP contribution >= 0.6 is 0 Å². The normalized spacial score (nSPS) is 20.9. The van der Waals surface area contributed by atoms with Crippen LogP contribution in [0.4, 0.5) is 0 Å². The van der Waals surface area contributed by atoms with Gasteiger partial charge in [-0.15, -0.1) is 0 Å². The van der Waals surface area contributed by atoms with Crippen molar-refractivity contribution < 1.29 is 4.42 Å². The highest BCUT2D eigenvalue weighted by Gasteiger charge is 2.16. The van der Waals surface area contributed by atoms with Crippen molar-refractivity contribution in [1.29, 1.82) is 0 Å². The summed E-state index contributed by atoms with van der Waals surface area (Å²) < 4.78 is 5.44. The number of piperidine rings is 1. The number of hydrogen-bond donors (Lipinski definition) is 1. The van der Waals surface area contributed by atoms with E-state index in [-0.39, 0.29) is 0 Å². The quantitative estimate of drug-likeness (QED) is 0.823. The molecule has 0 bridgehead atoms. The Morgan fingerprint density at radius 3 is 3.06 bits per heavy atom. The van der Waals surface area contributed by atoms with Crippen LogP contribution in [0.3, 0.4) is 0 Å². The molecule has 0 radical (unpaired) electrons. The van der Waals surface area contributed by atoms with Gasteiger partial charge in [0.15, 0.2) is 0 Å². The number of rotatable bonds is 6. The van der Waals surface area contributed by atoms with Crippen LogP contribution in [0.1, 0.15) is 38.4 Å². The second-order valence-electron chi connectivity index (χ2n) is 4.96. The largest absolute Gasteiger partial charge is 0.468 e. The minimum Gasteiger partial charge on any atom is -0.468 e. The van der Waals surface area contributed by atoms with E-state index in [4.69, 9.17) is 4.42 Å². The molecule has 1 N–H and O–H groups in total. The van der Waals surface area contributed by atoms with Crippen LogP contribution in [0.2, 0.25) is 0 Å². The zero-order valence-electron chi connectivity index (χ0n) is 10.8. The van der Waals surface area contributed by atoms with Crippen LogP contribution in [0.5, 0.6) is 0 Å². The molecule has 1 saturated heterocycles. The third-order valence-electron chi connectivity index (χ3n) is 3.39. The van der Waals surface area contributed by atoms with Gasteiger partial charge in [0.1, 0.15) is 5.76 Å². The topological polar surface area (TPSA) is 28.4 Å². The summed E-state index contributed by atoms with van der Waals surface area (Å²) in [6, 6.07) is 4.71. The van der Waals surface area contributed by atoms with Crippen molar-refractivity contribution in [2.24, 2.45) is 0 Å². The zero-order valence-corrected chi connectivity index (χ0v) is 10.8. The third-order valence-corrected chi connectivity index (χ3v) is 3.39. The summed E-state index contributed by atoms with van der Waals surface area (Å²) >= 11 is 0. The van der Waals surface area contributed by atoms with Crippen molar-refractivity contribution in [2.45, 2.75) is 45.2 Å². The number of furan rings is 1. The van der Waals surface area contributed by atoms with Crippen LogP contribution in [0.15, 0.2) is 22.8 Å². The molecule has 0 amide bonds. The van der Waals surface area contributed by atoms with Gasteiger partial charge in [-0.25, -0.2) is 0 Å². The SMILES string of the molecule is CCCN(Cc1ccco1)CC1CCCCN1. The van der Waals surface area contributed by atoms with Crippen molar-refractivity contribution in [3.63, 3.8) is 0 Å². The van der Waals surface area contributed by atoms with E-state index in [1.807, 2.05) is 6.07 Å². The summed E-state index contributed by atoms with van der Waals surface area (Å²) in [5.74, 6) is 1.08. The molecule has 0 aliphatic carbocycles. The van der Waals surface area contributed by atoms with Gasteiger partial charge >= 0.3 is 0 Å². The molecule has 17 heavy (non-hydrogen) atoms. The van der Waals surface area contributed by atoms with E-state index < -0.39 is 0 Å². The van der Waals surface area contributed by atoms with Crippen LogP contribution in [0, 0.1) is 0 Å². The van der Waals surface area contributed by atoms with Gasteiger partial charge < -0.3 is 9.73 Å². The Kier molecular flexibility index (Phi) is 5.08. The summed E-state index contributed by atoms with van der Waals surface area (Å²) in [7, 11) is 0. The lowest BCUT2D eigenvalue weighted by Crippen LogP contribution is -2.43. The van der Waals surface area contributed by atoms with Crippen LogP contribution in [-0.2, 0) is 6.54 Å². The van der Waals surface area contributed by atoms with Crippen molar-refractivity contribution in [1.82, 2.24) is 10.2 Å². The molecule has 1 aromatic heterocycles. The van der Waals surface area contributed by atoms with Crippen molar-refractivity contribution in [3.05, 3.63) is 24.2 Å². The van der Waals surface area contributed by atoms with Gasteiger partial charge in [0.05, 0.1) is 12.8 Å². The van der Waals surface area contributed by atoms with Crippen LogP contribution < -0.4 is 5.32 Å². The highest BCUT2D eigenvalue weighted by atomic mass is 16.3. The minimum atomic E-state index is 0.672. The molecule has 2 heterocycles. The van der Waals surface area contributed by atoms with E-state index in [9.17, 15) is 0 Å². The van der Waals surface area contributed by atoms with Gasteiger partial charge in [-0.05, 0) is 44.5 Å². The molecule has 1 unspecified atom stereocenters. The molecular formula is C14H24N2O. The lowest BCUT2D eigenvalue weighted by molar-refractivity contribution is 0.203. The second-order valence-corrected chi connectivity index (χ2v) is 4.96. The first-order valence-electron chi connectivity index (χ1n) is 6.86. The van der Waals surface area contributed by atoms with Crippen molar-refractivity contribution in [3.8, 4) is 0 Å². The Morgan fingerprint density at radius 2 is 2.41 bits per heavy atom. The molecule has 1 aliphatic heterocycles. The summed E-state index contributed by atoms with van der Waals surface area (Å²) in [6.07, 6.45) is 6.99. The molecule has 1 aromatic rings. The first-order valence-corrected chi connectivity index (χ1v) is 6.86. The molecule has 2 rings (SSSR count). The molecule has 96 valence electrons. The van der Waals surface area contributed by atoms with Gasteiger partial charge in [-0.2, -0.15) is 0 Å². The van der Waals surface area contributed by atoms with Crippen molar-refractivity contribution in [2.75, 3.05) is 19.6 Å². The van der Waals surface area contributed by atoms with E-state index in [0.29, 0.717) is 6.04 Å². The lowest BCUT2D eigenvalue weighted by atomic mass is 10.0. The fraction of sp³-hybridized carbons (Fsp3) is 0.714. The first-order chi connectivity index (χ1) is 8.38. The number of nitrogens with zero attached hydrogens (tertiary/aromatic N) is 1. The monoisotopic (exact) mass is 236 g/mol. The second kappa shape index (κ2) is 6.82. The average molecular weight is 236 g/mol. The van der Waals surface area contributed by atoms with E-state index in [2.05, 4.69) is 23.2 Å². The van der Waals surface area contributed by atoms with Gasteiger partial charge in [0, 0.05) is 12.6 Å². The Balaban J connectivity index is 1.83. The van der Waals surface area contributed by atoms with Gasteiger partial charge in [0.25, 0.3) is 0 Å². The predicted molar refractivity (Wildman–Crippen MR) is 69.9 cm³/mol. The Morgan fingerprint density at radius 1 is 1.47 bits per heavy atom. The van der Waals surface area contributed by atoms with Gasteiger partial charge in [-0.1, -0.05) is 13.3 Å². The Labute approximate surface area is 104 Å². The molecule has 0 aromatic carbocycles. The lowest BCUT2D eigenvalue weighted by Gasteiger charge is -2.29. The molecule has 1 atom stereocenters. The van der Waals surface area contributed by atoms with E-state index in [1.165, 1.54) is 32.2 Å². The summed E-state index contributed by atoms with van der Waals surface area (Å²) in [6.45, 7) is 6.67. The van der Waals surface area contributed by atoms with Crippen LogP contribution in [-0.4, -0.2) is 30.6 Å². The third kappa shape index (κ3) is 4.17. The predicted octanol–water partition coefficient (Wildman–Crippen LogP) is 2.63. The summed E-state index contributed by atoms with van der Waals surface area (Å²) in [5.41, 5.74) is 0. The van der Waals surface area contributed by atoms with E-state index in [0.717, 1.165) is 25.4 Å². The number of nitrogens with one attached hydrogen (secondary N) is 1. The maximum absolute atomic E-state index is 5.44. The number of hydrogen-bond acceptors (Lipinski definition) is 3. The molecule has 3 nitrogen and oxygen atoms in total. The van der Waals surface area contributed by atoms with E-state index in [1.54, 1.807) is 6.26 Å². The van der Waals surface area contributed by atoms with Crippen LogP contribution in [0.25, 0.3) is 0 Å². The Hall–Kier alpha value is -0.800. The van der Waals surface area contributed by atoms with Crippen molar-refractivity contribution >= 4 is 0 Å². The molecule has 3 heteroatoms. The molecule has 0 saturated carbocycles. The van der Waals surface area contributed by atoms with E-state index >= 15 is 0 Å². The highest BCUT2D eigenvalue weighted by Crippen LogP contribution is 2.11. The highest BCUT2D eigenvalue weighted by molar-refractivity contribution is 4.98. The minimum absolute atomic E-state index is 0.672. The summed E-state index contributed by atoms with van der Waals surface area (Å²) in [4.78, 5) is 2.50. The first kappa shape index (κ1) is 12.7. The smallest absolute Gasteiger partial charge is 0.117 e. The Bertz CT molecular complexity index is 291. The molecule has 1 aliphatic rings. The molecule has 0 spiro atoms. The fourth-order valence-electron chi connectivity index (χ4n) is 2.57. The maximum Gasteiger partial charge on any atom is 0.117 e.